The molecule has 0 aliphatic rings. The van der Waals surface area contributed by atoms with E-state index in [2.05, 4.69) is 0 Å². The van der Waals surface area contributed by atoms with Gasteiger partial charge in [-0.05, 0) is 29.8 Å². The zero-order chi connectivity index (χ0) is 13.8. The standard InChI is InChI=1S/C15H15FN2O/c1-18(14-5-3-2-4-13(14)16)15(19)10-11-6-8-12(17)9-7-11/h2-9H,10,17H2,1H3. The second kappa shape index (κ2) is 5.52. The third-order valence-corrected chi connectivity index (χ3v) is 2.92. The first-order chi connectivity index (χ1) is 9.08. The van der Waals surface area contributed by atoms with E-state index in [-0.39, 0.29) is 18.0 Å². The number of nitrogens with two attached hydrogens (primary N) is 1. The molecule has 2 aromatic carbocycles. The van der Waals surface area contributed by atoms with Crippen molar-refractivity contribution in [3.8, 4) is 0 Å². The molecule has 0 radical (unpaired) electrons. The normalized spacial score (nSPS) is 10.2. The van der Waals surface area contributed by atoms with Gasteiger partial charge in [0.2, 0.25) is 5.91 Å². The van der Waals surface area contributed by atoms with E-state index in [1.54, 1.807) is 49.5 Å². The van der Waals surface area contributed by atoms with Gasteiger partial charge in [-0.15, -0.1) is 0 Å². The van der Waals surface area contributed by atoms with E-state index in [1.807, 2.05) is 0 Å². The maximum Gasteiger partial charge on any atom is 0.231 e. The van der Waals surface area contributed by atoms with Gasteiger partial charge in [-0.2, -0.15) is 0 Å². The van der Waals surface area contributed by atoms with Crippen LogP contribution in [0.1, 0.15) is 5.56 Å². The molecule has 2 N–H and O–H groups in total. The molecular weight excluding hydrogens is 243 g/mol. The fraction of sp³-hybridized carbons (Fsp3) is 0.133. The lowest BCUT2D eigenvalue weighted by Crippen LogP contribution is -2.28. The van der Waals surface area contributed by atoms with Crippen LogP contribution in [-0.2, 0) is 11.2 Å². The van der Waals surface area contributed by atoms with Crippen molar-refractivity contribution < 1.29 is 9.18 Å². The van der Waals surface area contributed by atoms with E-state index >= 15 is 0 Å². The topological polar surface area (TPSA) is 46.3 Å². The summed E-state index contributed by atoms with van der Waals surface area (Å²) in [6.07, 6.45) is 0.213. The van der Waals surface area contributed by atoms with E-state index in [0.29, 0.717) is 5.69 Å². The maximum atomic E-state index is 13.6. The second-order valence-corrected chi connectivity index (χ2v) is 4.32. The fourth-order valence-electron chi connectivity index (χ4n) is 1.79. The van der Waals surface area contributed by atoms with Gasteiger partial charge in [0.25, 0.3) is 0 Å². The number of nitrogens with zero attached hydrogens (tertiary/aromatic N) is 1. The zero-order valence-corrected chi connectivity index (χ0v) is 10.6. The number of para-hydroxylation sites is 1. The number of hydrogen-bond acceptors (Lipinski definition) is 2. The van der Waals surface area contributed by atoms with Gasteiger partial charge in [0.05, 0.1) is 12.1 Å². The third-order valence-electron chi connectivity index (χ3n) is 2.92. The summed E-state index contributed by atoms with van der Waals surface area (Å²) >= 11 is 0. The van der Waals surface area contributed by atoms with E-state index in [1.165, 1.54) is 11.0 Å². The number of halogens is 1. The molecule has 1 amide bonds. The van der Waals surface area contributed by atoms with Crippen LogP contribution in [0.25, 0.3) is 0 Å². The van der Waals surface area contributed by atoms with Crippen LogP contribution < -0.4 is 10.6 Å². The number of anilines is 2. The molecular formula is C15H15FN2O. The maximum absolute atomic E-state index is 13.6. The third kappa shape index (κ3) is 3.10. The number of likely N-dealkylation sites (N-methyl/N-ethyl adjacent to an activating group) is 1. The van der Waals surface area contributed by atoms with Crippen LogP contribution in [0.15, 0.2) is 48.5 Å². The number of hydrogen-bond donors (Lipinski definition) is 1. The lowest BCUT2D eigenvalue weighted by Gasteiger charge is -2.18. The van der Waals surface area contributed by atoms with Crippen LogP contribution in [0.4, 0.5) is 15.8 Å². The van der Waals surface area contributed by atoms with Crippen molar-refractivity contribution in [3.63, 3.8) is 0 Å². The minimum absolute atomic E-state index is 0.171. The molecule has 4 heteroatoms. The predicted molar refractivity (Wildman–Crippen MR) is 74.4 cm³/mol. The summed E-state index contributed by atoms with van der Waals surface area (Å²) in [4.78, 5) is 13.4. The highest BCUT2D eigenvalue weighted by Crippen LogP contribution is 2.18. The largest absolute Gasteiger partial charge is 0.399 e. The number of amides is 1. The molecule has 3 nitrogen and oxygen atoms in total. The first kappa shape index (κ1) is 13.1. The van der Waals surface area contributed by atoms with Crippen LogP contribution in [0.5, 0.6) is 0 Å². The van der Waals surface area contributed by atoms with E-state index in [9.17, 15) is 9.18 Å². The summed E-state index contributed by atoms with van der Waals surface area (Å²) in [5, 5.41) is 0. The van der Waals surface area contributed by atoms with Crippen molar-refractivity contribution in [1.82, 2.24) is 0 Å². The van der Waals surface area contributed by atoms with Gasteiger partial charge in [0.15, 0.2) is 0 Å². The molecule has 0 aliphatic carbocycles. The average molecular weight is 258 g/mol. The molecule has 0 unspecified atom stereocenters. The molecule has 0 aromatic heterocycles. The molecule has 2 aromatic rings. The molecule has 19 heavy (non-hydrogen) atoms. The Bertz CT molecular complexity index is 581. The predicted octanol–water partition coefficient (Wildman–Crippen LogP) is 2.61. The van der Waals surface area contributed by atoms with E-state index < -0.39 is 5.82 Å². The molecule has 0 fully saturated rings. The van der Waals surface area contributed by atoms with Crippen LogP contribution in [0.3, 0.4) is 0 Å². The Morgan fingerprint density at radius 2 is 1.79 bits per heavy atom. The van der Waals surface area contributed by atoms with Gasteiger partial charge in [0, 0.05) is 12.7 Å². The molecule has 0 spiro atoms. The number of benzene rings is 2. The summed E-state index contributed by atoms with van der Waals surface area (Å²) in [5.41, 5.74) is 7.36. The van der Waals surface area contributed by atoms with Crippen molar-refractivity contribution >= 4 is 17.3 Å². The van der Waals surface area contributed by atoms with Gasteiger partial charge in [-0.1, -0.05) is 24.3 Å². The second-order valence-electron chi connectivity index (χ2n) is 4.32. The quantitative estimate of drug-likeness (QED) is 0.860. The monoisotopic (exact) mass is 258 g/mol. The fourth-order valence-corrected chi connectivity index (χ4v) is 1.79. The summed E-state index contributed by atoms with van der Waals surface area (Å²) in [6, 6.07) is 13.3. The lowest BCUT2D eigenvalue weighted by molar-refractivity contribution is -0.117. The minimum Gasteiger partial charge on any atom is -0.399 e. The highest BCUT2D eigenvalue weighted by molar-refractivity contribution is 5.94. The molecule has 2 rings (SSSR count). The Morgan fingerprint density at radius 3 is 2.42 bits per heavy atom. The van der Waals surface area contributed by atoms with Gasteiger partial charge < -0.3 is 10.6 Å². The lowest BCUT2D eigenvalue weighted by atomic mass is 10.1. The molecule has 0 atom stereocenters. The summed E-state index contributed by atoms with van der Waals surface area (Å²) in [7, 11) is 1.57. The Kier molecular flexibility index (Phi) is 3.80. The Hall–Kier alpha value is -2.36. The van der Waals surface area contributed by atoms with Crippen LogP contribution in [0.2, 0.25) is 0 Å². The number of carbonyl (C=O) groups excluding carboxylic acids is 1. The average Bonchev–Trinajstić information content (AvgIpc) is 2.41. The van der Waals surface area contributed by atoms with E-state index in [0.717, 1.165) is 5.56 Å². The highest BCUT2D eigenvalue weighted by atomic mass is 19.1. The van der Waals surface area contributed by atoms with Gasteiger partial charge >= 0.3 is 0 Å². The summed E-state index contributed by atoms with van der Waals surface area (Å²) < 4.78 is 13.6. The van der Waals surface area contributed by atoms with E-state index in [4.69, 9.17) is 5.73 Å². The first-order valence-corrected chi connectivity index (χ1v) is 5.93. The van der Waals surface area contributed by atoms with Crippen molar-refractivity contribution in [1.29, 1.82) is 0 Å². The molecule has 0 bridgehead atoms. The van der Waals surface area contributed by atoms with Crippen molar-refractivity contribution in [2.24, 2.45) is 0 Å². The summed E-state index contributed by atoms with van der Waals surface area (Å²) in [6.45, 7) is 0. The molecule has 98 valence electrons. The van der Waals surface area contributed by atoms with Gasteiger partial charge in [0.1, 0.15) is 5.82 Å². The first-order valence-electron chi connectivity index (χ1n) is 5.93. The Labute approximate surface area is 111 Å². The molecule has 0 heterocycles. The molecule has 0 aliphatic heterocycles. The zero-order valence-electron chi connectivity index (χ0n) is 10.6. The number of carbonyl (C=O) groups is 1. The Morgan fingerprint density at radius 1 is 1.16 bits per heavy atom. The highest BCUT2D eigenvalue weighted by Gasteiger charge is 2.14. The van der Waals surface area contributed by atoms with Gasteiger partial charge in [-0.25, -0.2) is 4.39 Å². The van der Waals surface area contributed by atoms with Crippen LogP contribution >= 0.6 is 0 Å². The minimum atomic E-state index is -0.407. The van der Waals surface area contributed by atoms with Crippen LogP contribution in [-0.4, -0.2) is 13.0 Å². The number of nitrogen functional groups attached to an aromatic ring is 1. The van der Waals surface area contributed by atoms with Crippen LogP contribution in [0, 0.1) is 5.82 Å². The molecule has 0 saturated heterocycles. The number of rotatable bonds is 3. The van der Waals surface area contributed by atoms with Crippen molar-refractivity contribution in [2.75, 3.05) is 17.7 Å². The van der Waals surface area contributed by atoms with Crippen molar-refractivity contribution in [3.05, 3.63) is 59.9 Å². The summed E-state index contributed by atoms with van der Waals surface area (Å²) in [5.74, 6) is -0.578. The van der Waals surface area contributed by atoms with Crippen molar-refractivity contribution in [2.45, 2.75) is 6.42 Å². The smallest absolute Gasteiger partial charge is 0.231 e. The SMILES string of the molecule is CN(C(=O)Cc1ccc(N)cc1)c1ccccc1F. The van der Waals surface area contributed by atoms with Gasteiger partial charge in [-0.3, -0.25) is 4.79 Å². The molecule has 0 saturated carbocycles. The Balaban J connectivity index is 2.12.